The van der Waals surface area contributed by atoms with Crippen molar-refractivity contribution in [3.05, 3.63) is 60.8 Å². The highest BCUT2D eigenvalue weighted by Gasteiger charge is 2.22. The summed E-state index contributed by atoms with van der Waals surface area (Å²) in [5.74, 6) is -0.807. The van der Waals surface area contributed by atoms with E-state index in [1.54, 1.807) is 0 Å². The van der Waals surface area contributed by atoms with Crippen LogP contribution >= 0.6 is 7.82 Å². The number of carbonyl (C=O) groups is 2. The van der Waals surface area contributed by atoms with Gasteiger partial charge in [0, 0.05) is 12.8 Å². The second kappa shape index (κ2) is 80.8. The number of unbranched alkanes of at least 4 members (excludes halogenated alkanes) is 59. The molecule has 0 aliphatic carbocycles. The fraction of sp³-hybridized carbons (Fsp3) is 0.867. The number of allylic oxidation sites excluding steroid dienone is 10. The van der Waals surface area contributed by atoms with E-state index in [9.17, 15) is 19.0 Å². The van der Waals surface area contributed by atoms with Crippen LogP contribution in [0.25, 0.3) is 0 Å². The van der Waals surface area contributed by atoms with Gasteiger partial charge >= 0.3 is 11.9 Å². The molecular weight excluding hydrogens is 1250 g/mol. The normalized spacial score (nSPS) is 13.2. The summed E-state index contributed by atoms with van der Waals surface area (Å²) in [6, 6.07) is 0. The SMILES string of the molecule is CC/C=C\C/C=C\C/C=C\C/C=C\CCCCCCCCCCCCCCCCCCCCCCCCC(=O)OC(COC(=O)CCCCCCCCCCCCCCCCCCCCCCCCCCCCCCC/C=C\CCCCCCCCCC)COP(=O)([O-])OCC[N+](C)(C)C. The molecule has 9 nitrogen and oxygen atoms in total. The van der Waals surface area contributed by atoms with E-state index in [1.165, 1.54) is 360 Å². The van der Waals surface area contributed by atoms with Crippen LogP contribution in [0.5, 0.6) is 0 Å². The number of esters is 2. The molecule has 0 aliphatic rings. The molecule has 2 unspecified atom stereocenters. The summed E-state index contributed by atoms with van der Waals surface area (Å²) in [5, 5.41) is 0. The van der Waals surface area contributed by atoms with Crippen LogP contribution in [0.3, 0.4) is 0 Å². The van der Waals surface area contributed by atoms with Crippen molar-refractivity contribution < 1.29 is 42.1 Å². The molecule has 0 aliphatic heterocycles. The number of rotatable bonds is 83. The summed E-state index contributed by atoms with van der Waals surface area (Å²) in [4.78, 5) is 38.2. The van der Waals surface area contributed by atoms with Gasteiger partial charge in [-0.25, -0.2) is 0 Å². The first-order valence-corrected chi connectivity index (χ1v) is 45.5. The van der Waals surface area contributed by atoms with Gasteiger partial charge in [-0.15, -0.1) is 0 Å². The number of phosphoric ester groups is 1. The van der Waals surface area contributed by atoms with Gasteiger partial charge in [0.2, 0.25) is 0 Å². The quantitative estimate of drug-likeness (QED) is 0.0195. The van der Waals surface area contributed by atoms with E-state index >= 15 is 0 Å². The van der Waals surface area contributed by atoms with Gasteiger partial charge in [-0.1, -0.05) is 421 Å². The zero-order valence-electron chi connectivity index (χ0n) is 67.4. The summed E-state index contributed by atoms with van der Waals surface area (Å²) < 4.78 is 34.5. The van der Waals surface area contributed by atoms with E-state index < -0.39 is 26.5 Å². The molecule has 0 bridgehead atoms. The Kier molecular flexibility index (Phi) is 78.9. The third-order valence-electron chi connectivity index (χ3n) is 20.0. The molecule has 2 atom stereocenters. The number of phosphoric acid groups is 1. The topological polar surface area (TPSA) is 111 Å². The molecule has 588 valence electrons. The largest absolute Gasteiger partial charge is 0.756 e. The van der Waals surface area contributed by atoms with E-state index in [2.05, 4.69) is 74.6 Å². The molecule has 0 rings (SSSR count). The maximum atomic E-state index is 12.9. The monoisotopic (exact) mass is 1420 g/mol. The lowest BCUT2D eigenvalue weighted by atomic mass is 10.0. The Morgan fingerprint density at radius 3 is 0.860 bits per heavy atom. The molecule has 100 heavy (non-hydrogen) atoms. The zero-order valence-corrected chi connectivity index (χ0v) is 68.3. The highest BCUT2D eigenvalue weighted by atomic mass is 31.2. The number of hydrogen-bond donors (Lipinski definition) is 0. The second-order valence-corrected chi connectivity index (χ2v) is 32.6. The van der Waals surface area contributed by atoms with Gasteiger partial charge in [0.25, 0.3) is 7.82 Å². The minimum Gasteiger partial charge on any atom is -0.756 e. The van der Waals surface area contributed by atoms with Gasteiger partial charge in [-0.3, -0.25) is 14.2 Å². The molecule has 0 saturated heterocycles. The number of carbonyl (C=O) groups excluding carboxylic acids is 2. The summed E-state index contributed by atoms with van der Waals surface area (Å²) in [6.45, 7) is 4.21. The maximum absolute atomic E-state index is 12.9. The Balaban J connectivity index is 3.84. The second-order valence-electron chi connectivity index (χ2n) is 31.2. The Labute approximate surface area is 623 Å². The predicted octanol–water partition coefficient (Wildman–Crippen LogP) is 29.0. The number of hydrogen-bond acceptors (Lipinski definition) is 8. The molecule has 0 aromatic carbocycles. The Hall–Kier alpha value is -2.29. The number of nitrogens with zero attached hydrogens (tertiary/aromatic N) is 1. The van der Waals surface area contributed by atoms with Crippen molar-refractivity contribution >= 4 is 19.8 Å². The first-order valence-electron chi connectivity index (χ1n) is 44.0. The maximum Gasteiger partial charge on any atom is 0.306 e. The molecule has 0 spiro atoms. The minimum absolute atomic E-state index is 0.0279. The molecule has 0 amide bonds. The summed E-state index contributed by atoms with van der Waals surface area (Å²) in [7, 11) is 1.19. The van der Waals surface area contributed by atoms with Crippen molar-refractivity contribution in [1.29, 1.82) is 0 Å². The molecule has 0 heterocycles. The summed E-state index contributed by atoms with van der Waals surface area (Å²) >= 11 is 0. The average molecular weight is 1430 g/mol. The van der Waals surface area contributed by atoms with Gasteiger partial charge in [0.15, 0.2) is 6.10 Å². The molecule has 10 heteroatoms. The van der Waals surface area contributed by atoms with Gasteiger partial charge in [-0.05, 0) is 77.0 Å². The standard InChI is InChI=1S/C90H170NO8P/c1-6-8-10-12-14-16-18-20-22-24-26-28-30-32-34-36-38-40-42-43-44-45-46-47-49-50-52-54-56-58-60-62-64-66-68-70-72-74-76-78-80-82-89(92)96-86-88(87-98-100(94,95)97-85-84-91(3,4)5)99-90(93)83-81-79-77-75-73-71-69-67-65-63-61-59-57-55-53-51-48-41-39-37-35-33-31-29-27-25-23-21-19-17-15-13-11-9-7-2/h9,11,15,17,21,23-24,26-27,29,88H,6-8,10,12-14,16,18-20,22,25,28,30-87H2,1-5H3/b11-9-,17-15-,23-21-,26-24-,29-27-. The van der Waals surface area contributed by atoms with E-state index in [-0.39, 0.29) is 32.0 Å². The third kappa shape index (κ3) is 84.6. The lowest BCUT2D eigenvalue weighted by Crippen LogP contribution is -2.37. The van der Waals surface area contributed by atoms with Crippen LogP contribution in [-0.4, -0.2) is 70.0 Å². The van der Waals surface area contributed by atoms with Gasteiger partial charge in [0.05, 0.1) is 27.7 Å². The number of quaternary nitrogens is 1. The molecule has 0 aromatic heterocycles. The van der Waals surface area contributed by atoms with Gasteiger partial charge < -0.3 is 27.9 Å². The molecule has 0 saturated carbocycles. The fourth-order valence-electron chi connectivity index (χ4n) is 13.4. The van der Waals surface area contributed by atoms with Crippen LogP contribution < -0.4 is 4.89 Å². The van der Waals surface area contributed by atoms with Crippen molar-refractivity contribution in [2.24, 2.45) is 0 Å². The molecular formula is C90H170NO8P. The average Bonchev–Trinajstić information content (AvgIpc) is 1.65. The Morgan fingerprint density at radius 2 is 0.570 bits per heavy atom. The van der Waals surface area contributed by atoms with Crippen LogP contribution in [0.4, 0.5) is 0 Å². The van der Waals surface area contributed by atoms with Crippen molar-refractivity contribution in [2.45, 2.75) is 457 Å². The lowest BCUT2D eigenvalue weighted by Gasteiger charge is -2.28. The molecule has 0 radical (unpaired) electrons. The van der Waals surface area contributed by atoms with Crippen molar-refractivity contribution in [1.82, 2.24) is 0 Å². The highest BCUT2D eigenvalue weighted by Crippen LogP contribution is 2.38. The highest BCUT2D eigenvalue weighted by molar-refractivity contribution is 7.45. The zero-order chi connectivity index (χ0) is 72.5. The third-order valence-corrected chi connectivity index (χ3v) is 21.0. The van der Waals surface area contributed by atoms with Gasteiger partial charge in [0.1, 0.15) is 19.8 Å². The van der Waals surface area contributed by atoms with E-state index in [0.717, 1.165) is 57.8 Å². The van der Waals surface area contributed by atoms with Crippen LogP contribution in [0.15, 0.2) is 60.8 Å². The minimum atomic E-state index is -4.65. The van der Waals surface area contributed by atoms with Crippen LogP contribution in [0.2, 0.25) is 0 Å². The Morgan fingerprint density at radius 1 is 0.320 bits per heavy atom. The van der Waals surface area contributed by atoms with Crippen LogP contribution in [0, 0.1) is 0 Å². The number of likely N-dealkylation sites (N-methyl/N-ethyl adjacent to an activating group) is 1. The first-order chi connectivity index (χ1) is 49.0. The van der Waals surface area contributed by atoms with Crippen molar-refractivity contribution in [3.63, 3.8) is 0 Å². The van der Waals surface area contributed by atoms with Crippen LogP contribution in [-0.2, 0) is 32.7 Å². The predicted molar refractivity (Wildman–Crippen MR) is 434 cm³/mol. The van der Waals surface area contributed by atoms with Crippen molar-refractivity contribution in [2.75, 3.05) is 47.5 Å². The van der Waals surface area contributed by atoms with Crippen molar-refractivity contribution in [3.8, 4) is 0 Å². The Bertz CT molecular complexity index is 1870. The van der Waals surface area contributed by atoms with E-state index in [1.807, 2.05) is 21.1 Å². The molecule has 0 N–H and O–H groups in total. The van der Waals surface area contributed by atoms with Gasteiger partial charge in [-0.2, -0.15) is 0 Å². The molecule has 0 fully saturated rings. The molecule has 0 aromatic rings. The van der Waals surface area contributed by atoms with E-state index in [4.69, 9.17) is 18.5 Å². The van der Waals surface area contributed by atoms with Crippen LogP contribution in [0.1, 0.15) is 450 Å². The number of ether oxygens (including phenoxy) is 2. The fourth-order valence-corrected chi connectivity index (χ4v) is 14.1. The first kappa shape index (κ1) is 97.7. The summed E-state index contributed by atoms with van der Waals surface area (Å²) in [6.07, 6.45) is 110. The smallest absolute Gasteiger partial charge is 0.306 e. The lowest BCUT2D eigenvalue weighted by molar-refractivity contribution is -0.870. The van der Waals surface area contributed by atoms with E-state index in [0.29, 0.717) is 17.4 Å². The summed E-state index contributed by atoms with van der Waals surface area (Å²) in [5.41, 5.74) is 0.